The molecule has 0 radical (unpaired) electrons. The molecule has 174 valence electrons. The van der Waals surface area contributed by atoms with E-state index in [2.05, 4.69) is 67.7 Å². The number of anilines is 1. The van der Waals surface area contributed by atoms with Crippen LogP contribution in [0, 0.1) is 12.7 Å². The Bertz CT molecular complexity index is 1120. The Balaban J connectivity index is 1.62. The summed E-state index contributed by atoms with van der Waals surface area (Å²) in [5.41, 5.74) is 3.00. The van der Waals surface area contributed by atoms with Crippen LogP contribution in [0.15, 0.2) is 54.7 Å². The van der Waals surface area contributed by atoms with Crippen LogP contribution in [0.3, 0.4) is 0 Å². The van der Waals surface area contributed by atoms with E-state index in [-0.39, 0.29) is 29.3 Å². The van der Waals surface area contributed by atoms with Gasteiger partial charge in [0.2, 0.25) is 0 Å². The fourth-order valence-electron chi connectivity index (χ4n) is 4.63. The summed E-state index contributed by atoms with van der Waals surface area (Å²) in [6, 6.07) is 14.8. The van der Waals surface area contributed by atoms with Crippen LogP contribution in [-0.4, -0.2) is 15.7 Å². The lowest BCUT2D eigenvalue weighted by Gasteiger charge is -2.38. The van der Waals surface area contributed by atoms with E-state index in [0.717, 1.165) is 24.8 Å². The third-order valence-corrected chi connectivity index (χ3v) is 6.51. The van der Waals surface area contributed by atoms with E-state index in [1.165, 1.54) is 11.6 Å². The van der Waals surface area contributed by atoms with Gasteiger partial charge in [-0.2, -0.15) is 5.10 Å². The molecule has 4 rings (SSSR count). The first-order chi connectivity index (χ1) is 15.8. The van der Waals surface area contributed by atoms with Gasteiger partial charge in [-0.15, -0.1) is 0 Å². The first-order valence-electron chi connectivity index (χ1n) is 11.8. The second-order valence-corrected chi connectivity index (χ2v) is 9.63. The standard InChI is InChI=1S/C27H33FN4O/c1-5-6-11-23(19-14-12-18(2)13-15-19)31-26(33)21-17-29-32-25(21)30-24(16-27(32,3)4)20-9-7-8-10-22(20)28/h7-10,12-15,17,23-24,30H,5-6,11,16H2,1-4H3,(H,31,33). The van der Waals surface area contributed by atoms with Gasteiger partial charge < -0.3 is 10.6 Å². The molecule has 6 heteroatoms. The van der Waals surface area contributed by atoms with Crippen LogP contribution in [-0.2, 0) is 5.54 Å². The number of hydrogen-bond acceptors (Lipinski definition) is 3. The zero-order valence-corrected chi connectivity index (χ0v) is 19.9. The summed E-state index contributed by atoms with van der Waals surface area (Å²) >= 11 is 0. The molecule has 1 aliphatic heterocycles. The van der Waals surface area contributed by atoms with Crippen molar-refractivity contribution in [2.45, 2.75) is 71.0 Å². The lowest BCUT2D eigenvalue weighted by Crippen LogP contribution is -2.39. The Kier molecular flexibility index (Phi) is 6.54. The number of amides is 1. The molecule has 1 aromatic heterocycles. The van der Waals surface area contributed by atoms with Crippen molar-refractivity contribution in [3.63, 3.8) is 0 Å². The molecular weight excluding hydrogens is 415 g/mol. The van der Waals surface area contributed by atoms with Gasteiger partial charge in [0, 0.05) is 5.56 Å². The van der Waals surface area contributed by atoms with Gasteiger partial charge in [-0.1, -0.05) is 67.8 Å². The van der Waals surface area contributed by atoms with E-state index in [0.29, 0.717) is 23.4 Å². The Morgan fingerprint density at radius 1 is 1.24 bits per heavy atom. The maximum atomic E-state index is 14.6. The molecule has 2 N–H and O–H groups in total. The Hall–Kier alpha value is -3.15. The van der Waals surface area contributed by atoms with Gasteiger partial charge in [0.05, 0.1) is 23.8 Å². The van der Waals surface area contributed by atoms with Crippen molar-refractivity contribution in [3.8, 4) is 0 Å². The summed E-state index contributed by atoms with van der Waals surface area (Å²) in [5.74, 6) is 0.217. The fourth-order valence-corrected chi connectivity index (χ4v) is 4.63. The van der Waals surface area contributed by atoms with Crippen molar-refractivity contribution in [1.29, 1.82) is 0 Å². The number of nitrogens with zero attached hydrogens (tertiary/aromatic N) is 2. The minimum absolute atomic E-state index is 0.0763. The number of nitrogens with one attached hydrogen (secondary N) is 2. The topological polar surface area (TPSA) is 59.0 Å². The van der Waals surface area contributed by atoms with Gasteiger partial charge in [-0.25, -0.2) is 9.07 Å². The average Bonchev–Trinajstić information content (AvgIpc) is 3.22. The van der Waals surface area contributed by atoms with Crippen molar-refractivity contribution in [2.75, 3.05) is 5.32 Å². The highest BCUT2D eigenvalue weighted by Gasteiger charge is 2.37. The van der Waals surface area contributed by atoms with Gasteiger partial charge in [-0.3, -0.25) is 4.79 Å². The monoisotopic (exact) mass is 448 g/mol. The van der Waals surface area contributed by atoms with Gasteiger partial charge in [0.15, 0.2) is 0 Å². The van der Waals surface area contributed by atoms with Gasteiger partial charge >= 0.3 is 0 Å². The van der Waals surface area contributed by atoms with Crippen LogP contribution < -0.4 is 10.6 Å². The molecule has 2 aromatic carbocycles. The molecule has 0 aliphatic carbocycles. The van der Waals surface area contributed by atoms with Crippen molar-refractivity contribution < 1.29 is 9.18 Å². The van der Waals surface area contributed by atoms with Gasteiger partial charge in [-0.05, 0) is 45.2 Å². The highest BCUT2D eigenvalue weighted by molar-refractivity contribution is 5.99. The van der Waals surface area contributed by atoms with Crippen LogP contribution in [0.1, 0.15) is 85.6 Å². The van der Waals surface area contributed by atoms with E-state index < -0.39 is 0 Å². The van der Waals surface area contributed by atoms with Crippen LogP contribution in [0.5, 0.6) is 0 Å². The summed E-state index contributed by atoms with van der Waals surface area (Å²) in [5, 5.41) is 11.2. The number of carbonyl (C=O) groups excluding carboxylic acids is 1. The van der Waals surface area contributed by atoms with E-state index >= 15 is 0 Å². The second kappa shape index (κ2) is 9.38. The third kappa shape index (κ3) is 4.80. The van der Waals surface area contributed by atoms with E-state index in [1.54, 1.807) is 18.3 Å². The summed E-state index contributed by atoms with van der Waals surface area (Å²) in [6.07, 6.45) is 5.22. The first kappa shape index (κ1) is 23.0. The molecule has 5 nitrogen and oxygen atoms in total. The Morgan fingerprint density at radius 2 is 1.97 bits per heavy atom. The number of rotatable bonds is 7. The lowest BCUT2D eigenvalue weighted by molar-refractivity contribution is 0.0934. The second-order valence-electron chi connectivity index (χ2n) is 9.63. The van der Waals surface area contributed by atoms with E-state index in [4.69, 9.17) is 0 Å². The minimum Gasteiger partial charge on any atom is -0.363 e. The number of aromatic nitrogens is 2. The molecule has 0 fully saturated rings. The van der Waals surface area contributed by atoms with Crippen molar-refractivity contribution in [1.82, 2.24) is 15.1 Å². The van der Waals surface area contributed by atoms with Gasteiger partial charge in [0.25, 0.3) is 5.91 Å². The highest BCUT2D eigenvalue weighted by atomic mass is 19.1. The minimum atomic E-state index is -0.370. The summed E-state index contributed by atoms with van der Waals surface area (Å²) < 4.78 is 16.4. The number of hydrogen-bond donors (Lipinski definition) is 2. The molecule has 33 heavy (non-hydrogen) atoms. The summed E-state index contributed by atoms with van der Waals surface area (Å²) in [7, 11) is 0. The number of fused-ring (bicyclic) bond motifs is 1. The average molecular weight is 449 g/mol. The normalized spacial score (nSPS) is 17.7. The van der Waals surface area contributed by atoms with Crippen LogP contribution in [0.4, 0.5) is 10.2 Å². The fraction of sp³-hybridized carbons (Fsp3) is 0.407. The zero-order chi connectivity index (χ0) is 23.6. The number of halogens is 1. The maximum Gasteiger partial charge on any atom is 0.257 e. The van der Waals surface area contributed by atoms with E-state index in [1.807, 2.05) is 10.7 Å². The SMILES string of the molecule is CCCCC(NC(=O)c1cnn2c1NC(c1ccccc1F)CC2(C)C)c1ccc(C)cc1. The lowest BCUT2D eigenvalue weighted by atomic mass is 9.88. The number of aryl methyl sites for hydroxylation is 1. The van der Waals surface area contributed by atoms with Crippen molar-refractivity contribution in [2.24, 2.45) is 0 Å². The number of unbranched alkanes of at least 4 members (excludes halogenated alkanes) is 1. The Labute approximate surface area is 195 Å². The van der Waals surface area contributed by atoms with Crippen molar-refractivity contribution >= 4 is 11.7 Å². The van der Waals surface area contributed by atoms with E-state index in [9.17, 15) is 9.18 Å². The molecule has 0 saturated carbocycles. The number of carbonyl (C=O) groups is 1. The maximum absolute atomic E-state index is 14.6. The molecule has 1 aliphatic rings. The molecule has 1 amide bonds. The van der Waals surface area contributed by atoms with Gasteiger partial charge in [0.1, 0.15) is 17.2 Å². The summed E-state index contributed by atoms with van der Waals surface area (Å²) in [6.45, 7) is 8.34. The van der Waals surface area contributed by atoms with Crippen LogP contribution in [0.25, 0.3) is 0 Å². The third-order valence-electron chi connectivity index (χ3n) is 6.51. The Morgan fingerprint density at radius 3 is 2.67 bits per heavy atom. The molecular formula is C27H33FN4O. The van der Waals surface area contributed by atoms with Crippen LogP contribution in [0.2, 0.25) is 0 Å². The molecule has 2 unspecified atom stereocenters. The largest absolute Gasteiger partial charge is 0.363 e. The molecule has 0 bridgehead atoms. The predicted molar refractivity (Wildman–Crippen MR) is 130 cm³/mol. The van der Waals surface area contributed by atoms with Crippen molar-refractivity contribution in [3.05, 3.63) is 82.8 Å². The first-order valence-corrected chi connectivity index (χ1v) is 11.8. The quantitative estimate of drug-likeness (QED) is 0.447. The highest BCUT2D eigenvalue weighted by Crippen LogP contribution is 2.40. The molecule has 0 spiro atoms. The molecule has 0 saturated heterocycles. The summed E-state index contributed by atoms with van der Waals surface area (Å²) in [4.78, 5) is 13.4. The predicted octanol–water partition coefficient (Wildman–Crippen LogP) is 6.28. The zero-order valence-electron chi connectivity index (χ0n) is 19.9. The molecule has 3 aromatic rings. The number of benzene rings is 2. The smallest absolute Gasteiger partial charge is 0.257 e. The van der Waals surface area contributed by atoms with Crippen LogP contribution >= 0.6 is 0 Å². The molecule has 2 heterocycles. The molecule has 2 atom stereocenters.